The molecule has 0 bridgehead atoms. The zero-order chi connectivity index (χ0) is 24.6. The molecule has 0 saturated carbocycles. The molecule has 5 rings (SSSR count). The molecular formula is C24H29N5O4S2. The average molecular weight is 516 g/mol. The maximum Gasteiger partial charge on any atom is 0.269 e. The normalized spacial score (nSPS) is 17.1. The number of nitro benzene ring substituents is 1. The summed E-state index contributed by atoms with van der Waals surface area (Å²) in [5.41, 5.74) is 1.82. The van der Waals surface area contributed by atoms with Crippen molar-refractivity contribution in [3.63, 3.8) is 0 Å². The number of hydrogen-bond acceptors (Lipinski definition) is 10. The molecule has 0 N–H and O–H groups in total. The van der Waals surface area contributed by atoms with Crippen LogP contribution in [0.25, 0.3) is 20.3 Å². The van der Waals surface area contributed by atoms with Crippen molar-refractivity contribution in [1.82, 2.24) is 9.97 Å². The van der Waals surface area contributed by atoms with Crippen LogP contribution in [0.2, 0.25) is 0 Å². The summed E-state index contributed by atoms with van der Waals surface area (Å²) in [6.07, 6.45) is 0. The van der Waals surface area contributed by atoms with Crippen molar-refractivity contribution in [2.75, 3.05) is 62.4 Å². The van der Waals surface area contributed by atoms with Crippen molar-refractivity contribution in [3.8, 4) is 20.3 Å². The molecule has 3 aromatic rings. The third kappa shape index (κ3) is 5.04. The van der Waals surface area contributed by atoms with E-state index < -0.39 is 0 Å². The topological polar surface area (TPSA) is 93.9 Å². The highest BCUT2D eigenvalue weighted by Gasteiger charge is 2.30. The molecule has 0 unspecified atom stereocenters. The Balaban J connectivity index is 1.60. The van der Waals surface area contributed by atoms with Crippen LogP contribution in [-0.2, 0) is 14.9 Å². The van der Waals surface area contributed by atoms with Gasteiger partial charge in [-0.1, -0.05) is 32.1 Å². The largest absolute Gasteiger partial charge is 0.378 e. The summed E-state index contributed by atoms with van der Waals surface area (Å²) in [5.74, 6) is 0.962. The minimum Gasteiger partial charge on any atom is -0.378 e. The van der Waals surface area contributed by atoms with E-state index in [0.717, 1.165) is 63.1 Å². The molecule has 1 aromatic carbocycles. The number of thiazole rings is 2. The molecular weight excluding hydrogens is 486 g/mol. The van der Waals surface area contributed by atoms with Gasteiger partial charge >= 0.3 is 0 Å². The van der Waals surface area contributed by atoms with E-state index in [2.05, 4.69) is 30.6 Å². The van der Waals surface area contributed by atoms with Gasteiger partial charge in [0.25, 0.3) is 5.69 Å². The fourth-order valence-corrected chi connectivity index (χ4v) is 6.67. The van der Waals surface area contributed by atoms with Gasteiger partial charge in [-0.2, -0.15) is 0 Å². The Kier molecular flexibility index (Phi) is 6.75. The standard InChI is InChI=1S/C24H29N5O4S2/c1-24(2,3)20-18(16-4-6-17(7-5-16)29(30)31)34-22(25-20)19-21(27-8-12-32-13-9-27)26-23(35-19)28-10-14-33-15-11-28/h4-7H,8-15H2,1-3H3. The van der Waals surface area contributed by atoms with Crippen LogP contribution in [0.15, 0.2) is 24.3 Å². The Bertz CT molecular complexity index is 1190. The number of aromatic nitrogens is 2. The number of ether oxygens (including phenoxy) is 2. The van der Waals surface area contributed by atoms with Crippen molar-refractivity contribution >= 4 is 39.3 Å². The second-order valence-electron chi connectivity index (χ2n) is 9.60. The molecule has 2 fully saturated rings. The first kappa shape index (κ1) is 24.1. The van der Waals surface area contributed by atoms with Crippen molar-refractivity contribution in [3.05, 3.63) is 40.1 Å². The lowest BCUT2D eigenvalue weighted by molar-refractivity contribution is -0.384. The number of anilines is 2. The van der Waals surface area contributed by atoms with Crippen LogP contribution in [0.3, 0.4) is 0 Å². The van der Waals surface area contributed by atoms with Gasteiger partial charge in [0, 0.05) is 43.7 Å². The first-order valence-corrected chi connectivity index (χ1v) is 13.4. The molecule has 2 aliphatic heterocycles. The third-order valence-electron chi connectivity index (χ3n) is 6.06. The highest BCUT2D eigenvalue weighted by molar-refractivity contribution is 7.25. The van der Waals surface area contributed by atoms with Crippen molar-refractivity contribution in [2.24, 2.45) is 0 Å². The SMILES string of the molecule is CC(C)(C)c1nc(-c2sc(N3CCOCC3)nc2N2CCOCC2)sc1-c1ccc([N+](=O)[O-])cc1. The van der Waals surface area contributed by atoms with Gasteiger partial charge in [-0.05, 0) is 17.7 Å². The van der Waals surface area contributed by atoms with Gasteiger partial charge in [-0.25, -0.2) is 9.97 Å². The van der Waals surface area contributed by atoms with Crippen molar-refractivity contribution < 1.29 is 14.4 Å². The maximum absolute atomic E-state index is 11.1. The number of non-ortho nitro benzene ring substituents is 1. The second-order valence-corrected chi connectivity index (χ2v) is 11.6. The molecule has 35 heavy (non-hydrogen) atoms. The Morgan fingerprint density at radius 3 is 2.06 bits per heavy atom. The van der Waals surface area contributed by atoms with E-state index in [1.54, 1.807) is 34.8 Å². The zero-order valence-corrected chi connectivity index (χ0v) is 21.8. The Hall–Kier alpha value is -2.60. The summed E-state index contributed by atoms with van der Waals surface area (Å²) in [6, 6.07) is 6.76. The molecule has 0 aliphatic carbocycles. The Labute approximate surface area is 212 Å². The molecule has 2 saturated heterocycles. The summed E-state index contributed by atoms with van der Waals surface area (Å²) in [5, 5.41) is 13.1. The maximum atomic E-state index is 11.1. The minimum absolute atomic E-state index is 0.0861. The molecule has 0 amide bonds. The van der Waals surface area contributed by atoms with E-state index in [9.17, 15) is 10.1 Å². The molecule has 0 atom stereocenters. The van der Waals surface area contributed by atoms with E-state index in [0.29, 0.717) is 26.4 Å². The van der Waals surface area contributed by atoms with E-state index in [-0.39, 0.29) is 16.0 Å². The van der Waals surface area contributed by atoms with Gasteiger partial charge < -0.3 is 19.3 Å². The summed E-state index contributed by atoms with van der Waals surface area (Å²) in [7, 11) is 0. The van der Waals surface area contributed by atoms with Gasteiger partial charge in [0.1, 0.15) is 9.88 Å². The van der Waals surface area contributed by atoms with Gasteiger partial charge in [0.2, 0.25) is 0 Å². The second kappa shape index (κ2) is 9.81. The predicted octanol–water partition coefficient (Wildman–Crippen LogP) is 4.81. The van der Waals surface area contributed by atoms with Crippen LogP contribution in [0.5, 0.6) is 0 Å². The van der Waals surface area contributed by atoms with Crippen LogP contribution in [0.4, 0.5) is 16.6 Å². The lowest BCUT2D eigenvalue weighted by atomic mass is 9.90. The smallest absolute Gasteiger partial charge is 0.269 e. The molecule has 11 heteroatoms. The van der Waals surface area contributed by atoms with Gasteiger partial charge in [0.05, 0.1) is 41.9 Å². The molecule has 2 aliphatic rings. The molecule has 4 heterocycles. The molecule has 186 valence electrons. The monoisotopic (exact) mass is 515 g/mol. The Morgan fingerprint density at radius 2 is 1.49 bits per heavy atom. The van der Waals surface area contributed by atoms with Crippen LogP contribution in [-0.4, -0.2) is 67.5 Å². The van der Waals surface area contributed by atoms with Gasteiger partial charge in [-0.3, -0.25) is 10.1 Å². The van der Waals surface area contributed by atoms with Crippen molar-refractivity contribution in [1.29, 1.82) is 0 Å². The van der Waals surface area contributed by atoms with Crippen LogP contribution >= 0.6 is 22.7 Å². The molecule has 0 spiro atoms. The lowest BCUT2D eigenvalue weighted by Crippen LogP contribution is -2.37. The number of morpholine rings is 2. The quantitative estimate of drug-likeness (QED) is 0.353. The highest BCUT2D eigenvalue weighted by Crippen LogP contribution is 2.47. The summed E-state index contributed by atoms with van der Waals surface area (Å²) in [4.78, 5) is 27.7. The third-order valence-corrected chi connectivity index (χ3v) is 8.43. The molecule has 9 nitrogen and oxygen atoms in total. The number of nitrogens with zero attached hydrogens (tertiary/aromatic N) is 5. The predicted molar refractivity (Wildman–Crippen MR) is 140 cm³/mol. The van der Waals surface area contributed by atoms with Crippen LogP contribution in [0.1, 0.15) is 26.5 Å². The first-order chi connectivity index (χ1) is 16.8. The fourth-order valence-electron chi connectivity index (χ4n) is 4.18. The van der Waals surface area contributed by atoms with Crippen molar-refractivity contribution in [2.45, 2.75) is 26.2 Å². The van der Waals surface area contributed by atoms with Gasteiger partial charge in [0.15, 0.2) is 10.9 Å². The number of nitro groups is 1. The Morgan fingerprint density at radius 1 is 0.886 bits per heavy atom. The summed E-state index contributed by atoms with van der Waals surface area (Å²) in [6.45, 7) is 12.5. The number of rotatable bonds is 5. The number of hydrogen-bond donors (Lipinski definition) is 0. The van der Waals surface area contributed by atoms with Crippen LogP contribution < -0.4 is 9.80 Å². The average Bonchev–Trinajstić information content (AvgIpc) is 3.50. The highest BCUT2D eigenvalue weighted by atomic mass is 32.1. The zero-order valence-electron chi connectivity index (χ0n) is 20.2. The summed E-state index contributed by atoms with van der Waals surface area (Å²) >= 11 is 3.32. The minimum atomic E-state index is -0.369. The molecule has 2 aromatic heterocycles. The van der Waals surface area contributed by atoms with E-state index >= 15 is 0 Å². The van der Waals surface area contributed by atoms with E-state index in [4.69, 9.17) is 19.4 Å². The van der Waals surface area contributed by atoms with Gasteiger partial charge in [-0.15, -0.1) is 11.3 Å². The van der Waals surface area contributed by atoms with Crippen LogP contribution in [0, 0.1) is 10.1 Å². The van der Waals surface area contributed by atoms with E-state index in [1.165, 1.54) is 0 Å². The molecule has 0 radical (unpaired) electrons. The lowest BCUT2D eigenvalue weighted by Gasteiger charge is -2.28. The number of benzene rings is 1. The fraction of sp³-hybridized carbons (Fsp3) is 0.500. The van der Waals surface area contributed by atoms with E-state index in [1.807, 2.05) is 12.1 Å². The summed E-state index contributed by atoms with van der Waals surface area (Å²) < 4.78 is 11.1. The first-order valence-electron chi connectivity index (χ1n) is 11.7.